The topological polar surface area (TPSA) is 55.6 Å². The highest BCUT2D eigenvalue weighted by Crippen LogP contribution is 2.20. The van der Waals surface area contributed by atoms with E-state index in [0.717, 1.165) is 26.1 Å². The summed E-state index contributed by atoms with van der Waals surface area (Å²) in [5.41, 5.74) is 6.15. The highest BCUT2D eigenvalue weighted by molar-refractivity contribution is 7.09. The number of hydrogen-bond donors (Lipinski definition) is 1. The van der Waals surface area contributed by atoms with Gasteiger partial charge in [-0.05, 0) is 37.1 Å². The summed E-state index contributed by atoms with van der Waals surface area (Å²) in [6.45, 7) is 4.82. The molecule has 106 valence electrons. The third kappa shape index (κ3) is 3.78. The molecule has 1 amide bonds. The molecule has 0 aliphatic carbocycles. The van der Waals surface area contributed by atoms with E-state index in [-0.39, 0.29) is 17.9 Å². The summed E-state index contributed by atoms with van der Waals surface area (Å²) >= 11 is 1.68. The van der Waals surface area contributed by atoms with E-state index in [1.165, 1.54) is 4.88 Å². The summed E-state index contributed by atoms with van der Waals surface area (Å²) in [5.74, 6) is 0.335. The monoisotopic (exact) mass is 282 g/mol. The van der Waals surface area contributed by atoms with Crippen molar-refractivity contribution >= 4 is 17.2 Å². The quantitative estimate of drug-likeness (QED) is 0.896. The van der Waals surface area contributed by atoms with Crippen LogP contribution in [0.3, 0.4) is 0 Å². The molecule has 2 N–H and O–H groups in total. The van der Waals surface area contributed by atoms with Gasteiger partial charge in [0, 0.05) is 24.6 Å². The van der Waals surface area contributed by atoms with E-state index < -0.39 is 0 Å². The molecule has 1 saturated heterocycles. The average Bonchev–Trinajstić information content (AvgIpc) is 2.97. The Hall–Kier alpha value is -0.910. The van der Waals surface area contributed by atoms with Crippen LogP contribution < -0.4 is 5.73 Å². The zero-order valence-electron chi connectivity index (χ0n) is 11.4. The van der Waals surface area contributed by atoms with Crippen LogP contribution >= 0.6 is 11.3 Å². The number of hydrogen-bond acceptors (Lipinski definition) is 4. The molecule has 1 aliphatic heterocycles. The minimum Gasteiger partial charge on any atom is -0.381 e. The maximum Gasteiger partial charge on any atom is 0.240 e. The molecule has 1 aliphatic rings. The van der Waals surface area contributed by atoms with Gasteiger partial charge in [-0.15, -0.1) is 11.3 Å². The fourth-order valence-corrected chi connectivity index (χ4v) is 3.14. The molecule has 2 rings (SSSR count). The lowest BCUT2D eigenvalue weighted by atomic mass is 9.91. The number of likely N-dealkylation sites (N-methyl/N-ethyl adjacent to an activating group) is 1. The Balaban J connectivity index is 1.95. The van der Waals surface area contributed by atoms with E-state index in [1.54, 1.807) is 11.3 Å². The van der Waals surface area contributed by atoms with E-state index >= 15 is 0 Å². The van der Waals surface area contributed by atoms with Gasteiger partial charge in [-0.2, -0.15) is 0 Å². The summed E-state index contributed by atoms with van der Waals surface area (Å²) in [6, 6.07) is 3.68. The van der Waals surface area contributed by atoms with Crippen LogP contribution in [0.25, 0.3) is 0 Å². The smallest absolute Gasteiger partial charge is 0.240 e. The number of rotatable bonds is 5. The number of carbonyl (C=O) groups is 1. The van der Waals surface area contributed by atoms with Crippen molar-refractivity contribution in [3.63, 3.8) is 0 Å². The lowest BCUT2D eigenvalue weighted by Crippen LogP contribution is -2.48. The number of nitrogens with zero attached hydrogens (tertiary/aromatic N) is 1. The lowest BCUT2D eigenvalue weighted by molar-refractivity contribution is -0.135. The SMILES string of the molecule is CCN(Cc1cccs1)C(=O)C(N)C1CCOCC1. The van der Waals surface area contributed by atoms with Crippen LogP contribution in [0, 0.1) is 5.92 Å². The van der Waals surface area contributed by atoms with Crippen molar-refractivity contribution in [1.82, 2.24) is 4.90 Å². The van der Waals surface area contributed by atoms with Crippen molar-refractivity contribution in [1.29, 1.82) is 0 Å². The second-order valence-electron chi connectivity index (χ2n) is 4.91. The minimum absolute atomic E-state index is 0.0720. The first kappa shape index (κ1) is 14.5. The molecule has 0 aromatic carbocycles. The molecule has 0 spiro atoms. The van der Waals surface area contributed by atoms with Gasteiger partial charge in [-0.3, -0.25) is 4.79 Å². The zero-order valence-corrected chi connectivity index (χ0v) is 12.2. The maximum atomic E-state index is 12.5. The number of ether oxygens (including phenoxy) is 1. The molecular formula is C14H22N2O2S. The van der Waals surface area contributed by atoms with E-state index in [4.69, 9.17) is 10.5 Å². The Morgan fingerprint density at radius 2 is 2.32 bits per heavy atom. The van der Waals surface area contributed by atoms with Crippen LogP contribution in [0.15, 0.2) is 17.5 Å². The maximum absolute atomic E-state index is 12.5. The minimum atomic E-state index is -0.385. The van der Waals surface area contributed by atoms with E-state index in [1.807, 2.05) is 23.3 Å². The summed E-state index contributed by atoms with van der Waals surface area (Å²) in [6.07, 6.45) is 1.78. The van der Waals surface area contributed by atoms with Crippen molar-refractivity contribution in [3.8, 4) is 0 Å². The van der Waals surface area contributed by atoms with Crippen molar-refractivity contribution < 1.29 is 9.53 Å². The first-order valence-corrected chi connectivity index (χ1v) is 7.74. The standard InChI is InChI=1S/C14H22N2O2S/c1-2-16(10-12-4-3-9-19-12)14(17)13(15)11-5-7-18-8-6-11/h3-4,9,11,13H,2,5-8,10,15H2,1H3. The highest BCUT2D eigenvalue weighted by Gasteiger charge is 2.29. The van der Waals surface area contributed by atoms with Gasteiger partial charge in [0.15, 0.2) is 0 Å². The van der Waals surface area contributed by atoms with Gasteiger partial charge in [0.25, 0.3) is 0 Å². The fourth-order valence-electron chi connectivity index (χ4n) is 2.42. The Morgan fingerprint density at radius 1 is 1.58 bits per heavy atom. The molecule has 4 nitrogen and oxygen atoms in total. The van der Waals surface area contributed by atoms with Crippen LogP contribution in [-0.4, -0.2) is 36.6 Å². The Kier molecular flexibility index (Phi) is 5.36. The number of nitrogens with two attached hydrogens (primary N) is 1. The first-order chi connectivity index (χ1) is 9.22. The van der Waals surface area contributed by atoms with Crippen LogP contribution in [0.2, 0.25) is 0 Å². The predicted octanol–water partition coefficient (Wildman–Crippen LogP) is 1.85. The normalized spacial score (nSPS) is 18.2. The van der Waals surface area contributed by atoms with Crippen LogP contribution in [-0.2, 0) is 16.1 Å². The number of amides is 1. The van der Waals surface area contributed by atoms with Gasteiger partial charge in [0.2, 0.25) is 5.91 Å². The van der Waals surface area contributed by atoms with Gasteiger partial charge in [-0.25, -0.2) is 0 Å². The summed E-state index contributed by atoms with van der Waals surface area (Å²) in [7, 11) is 0. The number of thiophene rings is 1. The molecule has 19 heavy (non-hydrogen) atoms. The summed E-state index contributed by atoms with van der Waals surface area (Å²) < 4.78 is 5.32. The first-order valence-electron chi connectivity index (χ1n) is 6.87. The Bertz CT molecular complexity index is 388. The lowest BCUT2D eigenvalue weighted by Gasteiger charge is -2.31. The van der Waals surface area contributed by atoms with Crippen LogP contribution in [0.5, 0.6) is 0 Å². The molecule has 2 heterocycles. The van der Waals surface area contributed by atoms with Crippen molar-refractivity contribution in [2.24, 2.45) is 11.7 Å². The molecule has 0 radical (unpaired) electrons. The summed E-state index contributed by atoms with van der Waals surface area (Å²) in [4.78, 5) is 15.5. The molecule has 5 heteroatoms. The third-order valence-corrected chi connectivity index (χ3v) is 4.54. The fraction of sp³-hybridized carbons (Fsp3) is 0.643. The van der Waals surface area contributed by atoms with Crippen molar-refractivity contribution in [2.45, 2.75) is 32.4 Å². The number of carbonyl (C=O) groups excluding carboxylic acids is 1. The molecule has 1 aromatic rings. The zero-order chi connectivity index (χ0) is 13.7. The van der Waals surface area contributed by atoms with Crippen LogP contribution in [0.4, 0.5) is 0 Å². The summed E-state index contributed by atoms with van der Waals surface area (Å²) in [5, 5.41) is 2.03. The van der Waals surface area contributed by atoms with E-state index in [9.17, 15) is 4.79 Å². The van der Waals surface area contributed by atoms with Crippen molar-refractivity contribution in [2.75, 3.05) is 19.8 Å². The Morgan fingerprint density at radius 3 is 2.89 bits per heavy atom. The second kappa shape index (κ2) is 7.03. The molecule has 0 saturated carbocycles. The molecule has 0 bridgehead atoms. The van der Waals surface area contributed by atoms with E-state index in [2.05, 4.69) is 6.07 Å². The molecular weight excluding hydrogens is 260 g/mol. The average molecular weight is 282 g/mol. The molecule has 1 aromatic heterocycles. The van der Waals surface area contributed by atoms with Gasteiger partial charge >= 0.3 is 0 Å². The van der Waals surface area contributed by atoms with Gasteiger partial charge in [-0.1, -0.05) is 6.07 Å². The Labute approximate surface area is 118 Å². The van der Waals surface area contributed by atoms with E-state index in [0.29, 0.717) is 13.1 Å². The third-order valence-electron chi connectivity index (χ3n) is 3.68. The molecule has 1 fully saturated rings. The van der Waals surface area contributed by atoms with Crippen molar-refractivity contribution in [3.05, 3.63) is 22.4 Å². The molecule has 1 atom stereocenters. The highest BCUT2D eigenvalue weighted by atomic mass is 32.1. The largest absolute Gasteiger partial charge is 0.381 e. The predicted molar refractivity (Wildman–Crippen MR) is 76.9 cm³/mol. The van der Waals surface area contributed by atoms with Gasteiger partial charge in [0.05, 0.1) is 12.6 Å². The second-order valence-corrected chi connectivity index (χ2v) is 5.94. The van der Waals surface area contributed by atoms with Gasteiger partial charge < -0.3 is 15.4 Å². The van der Waals surface area contributed by atoms with Gasteiger partial charge in [0.1, 0.15) is 0 Å². The van der Waals surface area contributed by atoms with Crippen LogP contribution in [0.1, 0.15) is 24.6 Å². The molecule has 1 unspecified atom stereocenters.